The van der Waals surface area contributed by atoms with Gasteiger partial charge >= 0.3 is 0 Å². The fourth-order valence-corrected chi connectivity index (χ4v) is 5.00. The van der Waals surface area contributed by atoms with E-state index >= 15 is 0 Å². The van der Waals surface area contributed by atoms with Gasteiger partial charge in [-0.05, 0) is 37.3 Å². The van der Waals surface area contributed by atoms with Crippen LogP contribution in [0.15, 0.2) is 30.3 Å². The molecule has 0 bridgehead atoms. The number of aromatic nitrogens is 2. The third-order valence-corrected chi connectivity index (χ3v) is 5.91. The van der Waals surface area contributed by atoms with Gasteiger partial charge in [-0.25, -0.2) is 0 Å². The first-order valence-corrected chi connectivity index (χ1v) is 8.25. The number of nitrogens with zero attached hydrogens (tertiary/aromatic N) is 2. The summed E-state index contributed by atoms with van der Waals surface area (Å²) in [5.74, 6) is 2.56. The molecule has 2 aromatic rings. The first-order chi connectivity index (χ1) is 9.88. The van der Waals surface area contributed by atoms with Gasteiger partial charge in [-0.1, -0.05) is 48.1 Å². The van der Waals surface area contributed by atoms with Crippen LogP contribution in [0.1, 0.15) is 46.8 Å². The molecule has 20 heavy (non-hydrogen) atoms. The van der Waals surface area contributed by atoms with E-state index in [2.05, 4.69) is 39.8 Å². The first-order valence-electron chi connectivity index (χ1n) is 7.44. The molecule has 3 unspecified atom stereocenters. The maximum atomic E-state index is 4.48. The van der Waals surface area contributed by atoms with Crippen LogP contribution >= 0.6 is 11.3 Å². The standard InChI is InChI=1S/C16H19N3S/c1-17-14(10-6-3-2-4-7-10)16-19-18-15(20-16)13-11-8-5-9-12(11)13/h2-4,6-7,11-14,17H,5,8-9H2,1H3. The van der Waals surface area contributed by atoms with Crippen LogP contribution in [0.2, 0.25) is 0 Å². The molecule has 1 N–H and O–H groups in total. The second-order valence-electron chi connectivity index (χ2n) is 5.90. The Balaban J connectivity index is 1.58. The lowest BCUT2D eigenvalue weighted by molar-refractivity contribution is 0.664. The van der Waals surface area contributed by atoms with Crippen LogP contribution in [0.4, 0.5) is 0 Å². The summed E-state index contributed by atoms with van der Waals surface area (Å²) in [6, 6.07) is 10.7. The molecule has 1 aromatic heterocycles. The van der Waals surface area contributed by atoms with Gasteiger partial charge in [0.2, 0.25) is 0 Å². The molecule has 1 aromatic carbocycles. The van der Waals surface area contributed by atoms with Crippen LogP contribution in [-0.4, -0.2) is 17.2 Å². The monoisotopic (exact) mass is 285 g/mol. The predicted octanol–water partition coefficient (Wildman–Crippen LogP) is 3.36. The van der Waals surface area contributed by atoms with Crippen molar-refractivity contribution in [1.82, 2.24) is 15.5 Å². The Morgan fingerprint density at radius 2 is 1.90 bits per heavy atom. The third-order valence-electron chi connectivity index (χ3n) is 4.82. The van der Waals surface area contributed by atoms with Crippen molar-refractivity contribution in [3.63, 3.8) is 0 Å². The normalized spacial score (nSPS) is 29.1. The minimum absolute atomic E-state index is 0.168. The molecule has 3 nitrogen and oxygen atoms in total. The summed E-state index contributed by atoms with van der Waals surface area (Å²) in [6.07, 6.45) is 4.22. The SMILES string of the molecule is CNC(c1ccccc1)c1nnc(C2C3CCCC32)s1. The summed E-state index contributed by atoms with van der Waals surface area (Å²) in [7, 11) is 1.99. The lowest BCUT2D eigenvalue weighted by atomic mass is 10.1. The summed E-state index contributed by atoms with van der Waals surface area (Å²) < 4.78 is 0. The van der Waals surface area contributed by atoms with Crippen molar-refractivity contribution in [2.75, 3.05) is 7.05 Å². The molecule has 4 rings (SSSR count). The molecule has 0 amide bonds. The minimum atomic E-state index is 0.168. The number of hydrogen-bond acceptors (Lipinski definition) is 4. The van der Waals surface area contributed by atoms with Gasteiger partial charge in [-0.15, -0.1) is 10.2 Å². The molecule has 2 aliphatic rings. The zero-order valence-electron chi connectivity index (χ0n) is 11.6. The molecule has 104 valence electrons. The van der Waals surface area contributed by atoms with E-state index in [-0.39, 0.29) is 6.04 Å². The predicted molar refractivity (Wildman–Crippen MR) is 80.8 cm³/mol. The molecule has 2 aliphatic carbocycles. The number of hydrogen-bond donors (Lipinski definition) is 1. The van der Waals surface area contributed by atoms with Crippen molar-refractivity contribution >= 4 is 11.3 Å². The summed E-state index contributed by atoms with van der Waals surface area (Å²) in [4.78, 5) is 0. The van der Waals surface area contributed by atoms with E-state index in [4.69, 9.17) is 0 Å². The Labute approximate surface area is 123 Å². The van der Waals surface area contributed by atoms with Crippen LogP contribution < -0.4 is 5.32 Å². The zero-order valence-corrected chi connectivity index (χ0v) is 12.4. The van der Waals surface area contributed by atoms with Gasteiger partial charge in [0, 0.05) is 5.92 Å². The summed E-state index contributed by atoms with van der Waals surface area (Å²) in [5.41, 5.74) is 1.26. The highest BCUT2D eigenvalue weighted by atomic mass is 32.1. The Hall–Kier alpha value is -1.26. The number of rotatable bonds is 4. The number of benzene rings is 1. The highest BCUT2D eigenvalue weighted by molar-refractivity contribution is 7.11. The van der Waals surface area contributed by atoms with Crippen LogP contribution in [0, 0.1) is 11.8 Å². The fourth-order valence-electron chi connectivity index (χ4n) is 3.76. The van der Waals surface area contributed by atoms with Crippen molar-refractivity contribution in [3.8, 4) is 0 Å². The van der Waals surface area contributed by atoms with Gasteiger partial charge in [0.25, 0.3) is 0 Å². The van der Waals surface area contributed by atoms with E-state index in [1.54, 1.807) is 11.3 Å². The van der Waals surface area contributed by atoms with Crippen molar-refractivity contribution in [1.29, 1.82) is 0 Å². The van der Waals surface area contributed by atoms with Crippen LogP contribution in [0.25, 0.3) is 0 Å². The quantitative estimate of drug-likeness (QED) is 0.936. The van der Waals surface area contributed by atoms with Crippen LogP contribution in [0.3, 0.4) is 0 Å². The maximum absolute atomic E-state index is 4.48. The zero-order chi connectivity index (χ0) is 13.5. The second-order valence-corrected chi connectivity index (χ2v) is 6.94. The Kier molecular flexibility index (Phi) is 3.08. The van der Waals surface area contributed by atoms with E-state index < -0.39 is 0 Å². The van der Waals surface area contributed by atoms with Crippen molar-refractivity contribution in [2.24, 2.45) is 11.8 Å². The lowest BCUT2D eigenvalue weighted by Crippen LogP contribution is -2.17. The van der Waals surface area contributed by atoms with Crippen LogP contribution in [0.5, 0.6) is 0 Å². The van der Waals surface area contributed by atoms with Crippen molar-refractivity contribution in [2.45, 2.75) is 31.2 Å². The van der Waals surface area contributed by atoms with Crippen molar-refractivity contribution in [3.05, 3.63) is 45.9 Å². The third kappa shape index (κ3) is 1.98. The second kappa shape index (κ2) is 4.93. The summed E-state index contributed by atoms with van der Waals surface area (Å²) >= 11 is 1.80. The molecule has 2 fully saturated rings. The molecule has 2 saturated carbocycles. The summed E-state index contributed by atoms with van der Waals surface area (Å²) in [5, 5.41) is 14.7. The Morgan fingerprint density at radius 1 is 1.15 bits per heavy atom. The van der Waals surface area contributed by atoms with Gasteiger partial charge in [-0.3, -0.25) is 0 Å². The topological polar surface area (TPSA) is 37.8 Å². The maximum Gasteiger partial charge on any atom is 0.139 e. The van der Waals surface area contributed by atoms with Crippen molar-refractivity contribution < 1.29 is 0 Å². The minimum Gasteiger partial charge on any atom is -0.307 e. The molecule has 0 spiro atoms. The van der Waals surface area contributed by atoms with E-state index in [0.717, 1.165) is 22.8 Å². The molecule has 0 radical (unpaired) electrons. The van der Waals surface area contributed by atoms with E-state index in [1.165, 1.54) is 29.8 Å². The lowest BCUT2D eigenvalue weighted by Gasteiger charge is -2.12. The fraction of sp³-hybridized carbons (Fsp3) is 0.500. The number of nitrogens with one attached hydrogen (secondary N) is 1. The molecule has 0 aliphatic heterocycles. The van der Waals surface area contributed by atoms with Gasteiger partial charge < -0.3 is 5.32 Å². The molecule has 0 saturated heterocycles. The van der Waals surface area contributed by atoms with Crippen LogP contribution in [-0.2, 0) is 0 Å². The average Bonchev–Trinajstić information content (AvgIpc) is 2.90. The molecular weight excluding hydrogens is 266 g/mol. The van der Waals surface area contributed by atoms with Gasteiger partial charge in [0.05, 0.1) is 6.04 Å². The first kappa shape index (κ1) is 12.5. The molecule has 4 heteroatoms. The van der Waals surface area contributed by atoms with E-state index in [9.17, 15) is 0 Å². The Bertz CT molecular complexity index is 585. The Morgan fingerprint density at radius 3 is 2.60 bits per heavy atom. The van der Waals surface area contributed by atoms with Gasteiger partial charge in [0.15, 0.2) is 0 Å². The van der Waals surface area contributed by atoms with E-state index in [0.29, 0.717) is 0 Å². The molecular formula is C16H19N3S. The highest BCUT2D eigenvalue weighted by Gasteiger charge is 2.54. The molecule has 3 atom stereocenters. The van der Waals surface area contributed by atoms with E-state index in [1.807, 2.05) is 13.1 Å². The smallest absolute Gasteiger partial charge is 0.139 e. The largest absolute Gasteiger partial charge is 0.307 e. The average molecular weight is 285 g/mol. The van der Waals surface area contributed by atoms with Gasteiger partial charge in [-0.2, -0.15) is 0 Å². The summed E-state index contributed by atoms with van der Waals surface area (Å²) in [6.45, 7) is 0. The number of fused-ring (bicyclic) bond motifs is 1. The van der Waals surface area contributed by atoms with Gasteiger partial charge in [0.1, 0.15) is 10.0 Å². The highest BCUT2D eigenvalue weighted by Crippen LogP contribution is 2.63. The molecule has 1 heterocycles.